The minimum absolute atomic E-state index is 0.00154. The summed E-state index contributed by atoms with van der Waals surface area (Å²) in [6, 6.07) is 4.06. The Hall–Kier alpha value is -1.02. The zero-order chi connectivity index (χ0) is 17.2. The number of aromatic nitrogens is 1. The van der Waals surface area contributed by atoms with E-state index in [4.69, 9.17) is 4.74 Å². The molecule has 1 aromatic rings. The van der Waals surface area contributed by atoms with Gasteiger partial charge in [-0.25, -0.2) is 13.1 Å². The molecule has 0 aliphatic carbocycles. The summed E-state index contributed by atoms with van der Waals surface area (Å²) in [6.45, 7) is 5.52. The molecule has 1 atom stereocenters. The van der Waals surface area contributed by atoms with E-state index in [0.29, 0.717) is 6.61 Å². The number of hydrogen-bond donors (Lipinski definition) is 1. The van der Waals surface area contributed by atoms with Gasteiger partial charge in [0.2, 0.25) is 10.0 Å². The maximum absolute atomic E-state index is 11.5. The smallest absolute Gasteiger partial charge is 0.208 e. The van der Waals surface area contributed by atoms with Crippen LogP contribution in [0.25, 0.3) is 0 Å². The summed E-state index contributed by atoms with van der Waals surface area (Å²) in [5.41, 5.74) is 2.19. The quantitative estimate of drug-likeness (QED) is 0.887. The Labute approximate surface area is 144 Å². The molecular formula is C17H27N3O3S. The van der Waals surface area contributed by atoms with Crippen LogP contribution in [0.3, 0.4) is 0 Å². The largest absolute Gasteiger partial charge is 0.375 e. The van der Waals surface area contributed by atoms with Crippen molar-refractivity contribution in [2.45, 2.75) is 50.8 Å². The van der Waals surface area contributed by atoms with Crippen LogP contribution in [0.2, 0.25) is 0 Å². The second kappa shape index (κ2) is 7.07. The van der Waals surface area contributed by atoms with Gasteiger partial charge in [0.05, 0.1) is 17.6 Å². The van der Waals surface area contributed by atoms with Crippen molar-refractivity contribution in [1.82, 2.24) is 14.6 Å². The molecule has 0 bridgehead atoms. The van der Waals surface area contributed by atoms with Crippen molar-refractivity contribution in [2.75, 3.05) is 26.0 Å². The average molecular weight is 353 g/mol. The standard InChI is InChI=1S/C17H27N3O3S/c1-14-4-3-8-18-16(14)13-20-9-6-17(7-10-20)12-15(5-11-23-17)19-24(2,21)22/h3-4,8,15,19H,5-7,9-13H2,1-2H3. The molecule has 0 radical (unpaired) electrons. The lowest BCUT2D eigenvalue weighted by atomic mass is 9.82. The second-order valence-corrected chi connectivity index (χ2v) is 8.93. The Balaban J connectivity index is 1.57. The fourth-order valence-corrected chi connectivity index (χ4v) is 4.60. The normalized spacial score (nSPS) is 25.0. The summed E-state index contributed by atoms with van der Waals surface area (Å²) in [4.78, 5) is 6.89. The van der Waals surface area contributed by atoms with Gasteiger partial charge in [-0.2, -0.15) is 0 Å². The van der Waals surface area contributed by atoms with E-state index in [0.717, 1.165) is 51.0 Å². The number of hydrogen-bond acceptors (Lipinski definition) is 5. The lowest BCUT2D eigenvalue weighted by Gasteiger charge is -2.46. The summed E-state index contributed by atoms with van der Waals surface area (Å²) in [6.07, 6.45) is 6.50. The van der Waals surface area contributed by atoms with Gasteiger partial charge in [-0.1, -0.05) is 6.07 Å². The van der Waals surface area contributed by atoms with Crippen LogP contribution >= 0.6 is 0 Å². The third kappa shape index (κ3) is 4.53. The Kier molecular flexibility index (Phi) is 5.24. The molecule has 1 unspecified atom stereocenters. The predicted octanol–water partition coefficient (Wildman–Crippen LogP) is 1.45. The molecule has 2 aliphatic heterocycles. The summed E-state index contributed by atoms with van der Waals surface area (Å²) in [5, 5.41) is 0. The van der Waals surface area contributed by atoms with E-state index < -0.39 is 10.0 Å². The van der Waals surface area contributed by atoms with Crippen molar-refractivity contribution in [1.29, 1.82) is 0 Å². The first kappa shape index (κ1) is 17.8. The van der Waals surface area contributed by atoms with Crippen LogP contribution in [0, 0.1) is 6.92 Å². The highest BCUT2D eigenvalue weighted by atomic mass is 32.2. The topological polar surface area (TPSA) is 71.5 Å². The van der Waals surface area contributed by atoms with Crippen LogP contribution in [0.5, 0.6) is 0 Å². The lowest BCUT2D eigenvalue weighted by Crippen LogP contribution is -2.53. The number of sulfonamides is 1. The number of rotatable bonds is 4. The van der Waals surface area contributed by atoms with E-state index in [9.17, 15) is 8.42 Å². The van der Waals surface area contributed by atoms with E-state index in [1.54, 1.807) is 0 Å². The second-order valence-electron chi connectivity index (χ2n) is 7.15. The van der Waals surface area contributed by atoms with Gasteiger partial charge in [0, 0.05) is 38.5 Å². The summed E-state index contributed by atoms with van der Waals surface area (Å²) < 4.78 is 31.8. The number of ether oxygens (including phenoxy) is 1. The number of nitrogens with zero attached hydrogens (tertiary/aromatic N) is 2. The first-order chi connectivity index (χ1) is 11.4. The molecule has 1 aromatic heterocycles. The monoisotopic (exact) mass is 353 g/mol. The van der Waals surface area contributed by atoms with Crippen molar-refractivity contribution in [3.8, 4) is 0 Å². The van der Waals surface area contributed by atoms with Crippen LogP contribution in [-0.2, 0) is 21.3 Å². The first-order valence-corrected chi connectivity index (χ1v) is 10.5. The van der Waals surface area contributed by atoms with Crippen molar-refractivity contribution < 1.29 is 13.2 Å². The third-order valence-corrected chi connectivity index (χ3v) is 5.89. The Bertz CT molecular complexity index is 669. The summed E-state index contributed by atoms with van der Waals surface area (Å²) in [5.74, 6) is 0. The van der Waals surface area contributed by atoms with Crippen LogP contribution in [0.1, 0.15) is 36.9 Å². The van der Waals surface area contributed by atoms with E-state index >= 15 is 0 Å². The molecule has 1 N–H and O–H groups in total. The molecule has 0 aromatic carbocycles. The van der Waals surface area contributed by atoms with Crippen LogP contribution in [-0.4, -0.2) is 55.9 Å². The molecule has 3 heterocycles. The summed E-state index contributed by atoms with van der Waals surface area (Å²) in [7, 11) is -3.16. The minimum Gasteiger partial charge on any atom is -0.375 e. The molecule has 6 nitrogen and oxygen atoms in total. The van der Waals surface area contributed by atoms with Gasteiger partial charge in [0.1, 0.15) is 0 Å². The maximum atomic E-state index is 11.5. The lowest BCUT2D eigenvalue weighted by molar-refractivity contribution is -0.118. The molecule has 0 saturated carbocycles. The number of aryl methyl sites for hydroxylation is 1. The van der Waals surface area contributed by atoms with Crippen LogP contribution < -0.4 is 4.72 Å². The Morgan fingerprint density at radius 3 is 2.83 bits per heavy atom. The molecule has 24 heavy (non-hydrogen) atoms. The van der Waals surface area contributed by atoms with Gasteiger partial charge >= 0.3 is 0 Å². The highest BCUT2D eigenvalue weighted by Gasteiger charge is 2.40. The SMILES string of the molecule is Cc1cccnc1CN1CCC2(CC1)CC(NS(C)(=O)=O)CCO2. The molecule has 3 rings (SSSR count). The van der Waals surface area contributed by atoms with E-state index in [1.165, 1.54) is 11.8 Å². The highest BCUT2D eigenvalue weighted by molar-refractivity contribution is 7.88. The van der Waals surface area contributed by atoms with E-state index in [1.807, 2.05) is 12.3 Å². The average Bonchev–Trinajstić information content (AvgIpc) is 2.50. The first-order valence-electron chi connectivity index (χ1n) is 8.59. The molecule has 0 amide bonds. The van der Waals surface area contributed by atoms with Crippen LogP contribution in [0.4, 0.5) is 0 Å². The molecule has 2 saturated heterocycles. The highest BCUT2D eigenvalue weighted by Crippen LogP contribution is 2.35. The van der Waals surface area contributed by atoms with Gasteiger partial charge in [0.25, 0.3) is 0 Å². The zero-order valence-electron chi connectivity index (χ0n) is 14.5. The minimum atomic E-state index is -3.16. The molecule has 2 fully saturated rings. The maximum Gasteiger partial charge on any atom is 0.208 e. The zero-order valence-corrected chi connectivity index (χ0v) is 15.3. The van der Waals surface area contributed by atoms with Crippen molar-refractivity contribution in [2.24, 2.45) is 0 Å². The number of piperidine rings is 1. The van der Waals surface area contributed by atoms with Gasteiger partial charge in [-0.05, 0) is 44.2 Å². The fraction of sp³-hybridized carbons (Fsp3) is 0.706. The van der Waals surface area contributed by atoms with Crippen molar-refractivity contribution >= 4 is 10.0 Å². The molecule has 1 spiro atoms. The Morgan fingerprint density at radius 1 is 1.42 bits per heavy atom. The van der Waals surface area contributed by atoms with Gasteiger partial charge in [-0.15, -0.1) is 0 Å². The van der Waals surface area contributed by atoms with Gasteiger partial charge < -0.3 is 4.74 Å². The fourth-order valence-electron chi connectivity index (χ4n) is 3.79. The summed E-state index contributed by atoms with van der Waals surface area (Å²) >= 11 is 0. The van der Waals surface area contributed by atoms with Gasteiger partial charge in [-0.3, -0.25) is 9.88 Å². The number of nitrogens with one attached hydrogen (secondary N) is 1. The van der Waals surface area contributed by atoms with Crippen molar-refractivity contribution in [3.63, 3.8) is 0 Å². The van der Waals surface area contributed by atoms with Crippen molar-refractivity contribution in [3.05, 3.63) is 29.6 Å². The molecular weight excluding hydrogens is 326 g/mol. The van der Waals surface area contributed by atoms with E-state index in [2.05, 4.69) is 27.6 Å². The van der Waals surface area contributed by atoms with E-state index in [-0.39, 0.29) is 11.6 Å². The Morgan fingerprint density at radius 2 is 2.17 bits per heavy atom. The third-order valence-electron chi connectivity index (χ3n) is 5.13. The molecule has 7 heteroatoms. The van der Waals surface area contributed by atoms with Crippen LogP contribution in [0.15, 0.2) is 18.3 Å². The predicted molar refractivity (Wildman–Crippen MR) is 93.2 cm³/mol. The number of likely N-dealkylation sites (tertiary alicyclic amines) is 1. The number of pyridine rings is 1. The van der Waals surface area contributed by atoms with Gasteiger partial charge in [0.15, 0.2) is 0 Å². The molecule has 134 valence electrons. The molecule has 2 aliphatic rings.